The van der Waals surface area contributed by atoms with Crippen LogP contribution >= 0.6 is 0 Å². The molecule has 1 aliphatic rings. The summed E-state index contributed by atoms with van der Waals surface area (Å²) in [6.45, 7) is 2.15. The van der Waals surface area contributed by atoms with Crippen molar-refractivity contribution in [1.29, 1.82) is 0 Å². The molecule has 5 heteroatoms. The molecule has 3 nitrogen and oxygen atoms in total. The number of hydrazine groups is 2. The van der Waals surface area contributed by atoms with E-state index in [9.17, 15) is 0 Å². The third-order valence-electron chi connectivity index (χ3n) is 1.09. The average molecular weight is 257 g/mol. The van der Waals surface area contributed by atoms with Gasteiger partial charge in [-0.1, -0.05) is 0 Å². The molecule has 1 rings (SSSR count). The Morgan fingerprint density at radius 1 is 1.78 bits per heavy atom. The van der Waals surface area contributed by atoms with E-state index in [1.54, 1.807) is 0 Å². The van der Waals surface area contributed by atoms with E-state index in [-0.39, 0.29) is 0 Å². The van der Waals surface area contributed by atoms with Crippen molar-refractivity contribution in [1.82, 2.24) is 16.0 Å². The Morgan fingerprint density at radius 3 is 3.00 bits per heavy atom. The third-order valence-corrected chi connectivity index (χ3v) is 1.49. The molecule has 0 bridgehead atoms. The van der Waals surface area contributed by atoms with Crippen LogP contribution in [0.3, 0.4) is 0 Å². The number of nitrogens with one attached hydrogen (secondary N) is 2. The predicted molar refractivity (Wildman–Crippen MR) is 40.4 cm³/mol. The zero-order valence-electron chi connectivity index (χ0n) is 4.92. The molecule has 52 valence electrons. The molecule has 0 unspecified atom stereocenters. The van der Waals surface area contributed by atoms with Gasteiger partial charge in [0.15, 0.2) is 0 Å². The van der Waals surface area contributed by atoms with Gasteiger partial charge in [-0.15, -0.1) is 0 Å². The summed E-state index contributed by atoms with van der Waals surface area (Å²) in [7, 11) is 0. The maximum atomic E-state index is 3.16. The average Bonchev–Trinajstić information content (AvgIpc) is 2.15. The van der Waals surface area contributed by atoms with Crippen molar-refractivity contribution in [3.05, 3.63) is 0 Å². The second-order valence-corrected chi connectivity index (χ2v) is 5.10. The molecule has 1 saturated heterocycles. The first-order valence-electron chi connectivity index (χ1n) is 2.79. The van der Waals surface area contributed by atoms with E-state index in [0.29, 0.717) is 0 Å². The topological polar surface area (TPSA) is 27.3 Å². The number of hydrogen-bond acceptors (Lipinski definition) is 3. The minimum atomic E-state index is 1.04. The normalized spacial score (nSPS) is 20.1. The second kappa shape index (κ2) is 3.71. The van der Waals surface area contributed by atoms with Crippen LogP contribution in [0.15, 0.2) is 0 Å². The van der Waals surface area contributed by atoms with Gasteiger partial charge in [0.05, 0.1) is 0 Å². The van der Waals surface area contributed by atoms with Gasteiger partial charge in [0.25, 0.3) is 0 Å². The van der Waals surface area contributed by atoms with Gasteiger partial charge in [-0.3, -0.25) is 0 Å². The van der Waals surface area contributed by atoms with Crippen molar-refractivity contribution in [2.75, 3.05) is 13.1 Å². The Bertz CT molecular complexity index is 110. The van der Waals surface area contributed by atoms with Crippen molar-refractivity contribution in [3.63, 3.8) is 0 Å². The zero-order valence-corrected chi connectivity index (χ0v) is 8.51. The van der Waals surface area contributed by atoms with Gasteiger partial charge in [0.2, 0.25) is 0 Å². The predicted octanol–water partition coefficient (Wildman–Crippen LogP) is -2.14. The molecule has 1 fully saturated rings. The molecule has 0 radical (unpaired) electrons. The van der Waals surface area contributed by atoms with E-state index >= 15 is 0 Å². The fourth-order valence-corrected chi connectivity index (χ4v) is 1.23. The molecule has 0 aliphatic carbocycles. The summed E-state index contributed by atoms with van der Waals surface area (Å²) in [6, 6.07) is 0. The van der Waals surface area contributed by atoms with Gasteiger partial charge in [0, 0.05) is 0 Å². The van der Waals surface area contributed by atoms with Crippen molar-refractivity contribution < 1.29 is 0 Å². The fraction of sp³-hybridized carbons (Fsp3) is 0.750. The summed E-state index contributed by atoms with van der Waals surface area (Å²) in [5.74, 6) is 0. The van der Waals surface area contributed by atoms with Crippen LogP contribution in [-0.4, -0.2) is 53.2 Å². The van der Waals surface area contributed by atoms with Gasteiger partial charge >= 0.3 is 70.5 Å². The van der Waals surface area contributed by atoms with Crippen LogP contribution in [0.4, 0.5) is 0 Å². The van der Waals surface area contributed by atoms with E-state index in [2.05, 4.69) is 42.4 Å². The quantitative estimate of drug-likeness (QED) is 0.553. The van der Waals surface area contributed by atoms with Crippen LogP contribution in [0.25, 0.3) is 0 Å². The van der Waals surface area contributed by atoms with Gasteiger partial charge in [-0.2, -0.15) is 0 Å². The van der Waals surface area contributed by atoms with E-state index in [1.165, 1.54) is 6.42 Å². The van der Waals surface area contributed by atoms with Crippen LogP contribution in [0.1, 0.15) is 6.42 Å². The molecule has 1 heterocycles. The van der Waals surface area contributed by atoms with E-state index < -0.39 is 0 Å². The first kappa shape index (κ1) is 7.73. The van der Waals surface area contributed by atoms with Crippen LogP contribution in [0.5, 0.6) is 0 Å². The molecular weight excluding hydrogens is 248 g/mol. The molecule has 1 aliphatic heterocycles. The molecular formula is C4H9N3Se2. The monoisotopic (exact) mass is 259 g/mol. The summed E-state index contributed by atoms with van der Waals surface area (Å²) in [4.78, 5) is 0. The van der Waals surface area contributed by atoms with E-state index in [0.717, 1.165) is 16.5 Å². The molecule has 0 aromatic carbocycles. The summed E-state index contributed by atoms with van der Waals surface area (Å²) in [5, 5.41) is 1.98. The molecule has 0 aromatic heterocycles. The molecule has 0 aromatic rings. The first-order chi connectivity index (χ1) is 4.29. The second-order valence-electron chi connectivity index (χ2n) is 1.83. The van der Waals surface area contributed by atoms with Crippen LogP contribution < -0.4 is 10.9 Å². The van der Waals surface area contributed by atoms with E-state index in [1.807, 2.05) is 5.12 Å². The summed E-state index contributed by atoms with van der Waals surface area (Å²) < 4.78 is 1.04. The Hall–Kier alpha value is 0.629. The third kappa shape index (κ3) is 2.80. The Labute approximate surface area is 70.7 Å². The summed E-state index contributed by atoms with van der Waals surface area (Å²) >= 11 is 5.28. The zero-order chi connectivity index (χ0) is 6.69. The molecule has 2 N–H and O–H groups in total. The first-order valence-corrected chi connectivity index (χ1v) is 4.59. The summed E-state index contributed by atoms with van der Waals surface area (Å²) in [5.41, 5.74) is 6.26. The van der Waals surface area contributed by atoms with Gasteiger partial charge < -0.3 is 0 Å². The van der Waals surface area contributed by atoms with Crippen LogP contribution in [0, 0.1) is 0 Å². The van der Waals surface area contributed by atoms with Gasteiger partial charge in [-0.05, 0) is 0 Å². The Balaban J connectivity index is 2.19. The number of hydrogen-bond donors (Lipinski definition) is 2. The fourth-order valence-electron chi connectivity index (χ4n) is 0.741. The van der Waals surface area contributed by atoms with Crippen molar-refractivity contribution in [2.24, 2.45) is 0 Å². The molecule has 0 atom stereocenters. The molecule has 0 spiro atoms. The standard InChI is InChI=1S/C4H9N3Se2/c8-4(9)6-7-3-1-2-5-7/h5H,1-3H2,(H2,6,8,9). The molecule has 0 amide bonds. The van der Waals surface area contributed by atoms with Gasteiger partial charge in [0.1, 0.15) is 0 Å². The van der Waals surface area contributed by atoms with Crippen LogP contribution in [0.2, 0.25) is 0 Å². The van der Waals surface area contributed by atoms with Crippen molar-refractivity contribution in [2.45, 2.75) is 6.42 Å². The number of rotatable bonds is 2. The molecule has 9 heavy (non-hydrogen) atoms. The maximum absolute atomic E-state index is 3.16. The SMILES string of the molecule is [Se]=C([SeH])NN1CCCN1. The van der Waals surface area contributed by atoms with E-state index in [4.69, 9.17) is 0 Å². The Kier molecular flexibility index (Phi) is 3.19. The van der Waals surface area contributed by atoms with Crippen LogP contribution in [-0.2, 0) is 0 Å². The minimum absolute atomic E-state index is 1.04. The number of nitrogens with zero attached hydrogens (tertiary/aromatic N) is 1. The van der Waals surface area contributed by atoms with Gasteiger partial charge in [-0.25, -0.2) is 0 Å². The van der Waals surface area contributed by atoms with Crippen molar-refractivity contribution in [3.8, 4) is 0 Å². The molecule has 0 saturated carbocycles. The summed E-state index contributed by atoms with van der Waals surface area (Å²) in [6.07, 6.45) is 1.22. The van der Waals surface area contributed by atoms with Crippen molar-refractivity contribution >= 4 is 35.0 Å². The Morgan fingerprint density at radius 2 is 2.56 bits per heavy atom.